The van der Waals surface area contributed by atoms with Crippen LogP contribution in [0.3, 0.4) is 0 Å². The Bertz CT molecular complexity index is 1130. The predicted octanol–water partition coefficient (Wildman–Crippen LogP) is 3.22. The zero-order chi connectivity index (χ0) is 25.6. The molecule has 0 heterocycles. The minimum atomic E-state index is -4.15. The Morgan fingerprint density at radius 2 is 1.77 bits per heavy atom. The van der Waals surface area contributed by atoms with Crippen LogP contribution in [0.2, 0.25) is 0 Å². The fourth-order valence-electron chi connectivity index (χ4n) is 4.27. The van der Waals surface area contributed by atoms with Crippen molar-refractivity contribution in [2.24, 2.45) is 0 Å². The molecule has 1 aliphatic carbocycles. The van der Waals surface area contributed by atoms with Crippen LogP contribution in [-0.2, 0) is 14.6 Å². The topological polar surface area (TPSA) is 122 Å². The normalized spacial score (nSPS) is 15.8. The Balaban J connectivity index is 1.96. The first-order valence-corrected chi connectivity index (χ1v) is 13.1. The van der Waals surface area contributed by atoms with Crippen molar-refractivity contribution in [2.75, 3.05) is 14.2 Å². The number of carbonyl (C=O) groups excluding carboxylic acids is 2. The molecule has 190 valence electrons. The van der Waals surface area contributed by atoms with Gasteiger partial charge in [-0.05, 0) is 56.9 Å². The summed E-state index contributed by atoms with van der Waals surface area (Å²) in [6.45, 7) is 1.56. The van der Waals surface area contributed by atoms with E-state index in [1.165, 1.54) is 42.7 Å². The van der Waals surface area contributed by atoms with Crippen LogP contribution in [0.15, 0.2) is 53.4 Å². The molecular formula is C25H32N2O7S. The number of benzene rings is 2. The summed E-state index contributed by atoms with van der Waals surface area (Å²) in [5.74, 6) is -0.540. The first-order valence-electron chi connectivity index (χ1n) is 11.5. The van der Waals surface area contributed by atoms with E-state index in [1.54, 1.807) is 37.3 Å². The second-order valence-electron chi connectivity index (χ2n) is 8.68. The summed E-state index contributed by atoms with van der Waals surface area (Å²) >= 11 is 0. The lowest BCUT2D eigenvalue weighted by atomic mass is 10.1. The second kappa shape index (κ2) is 11.5. The van der Waals surface area contributed by atoms with Crippen molar-refractivity contribution in [1.82, 2.24) is 10.4 Å². The van der Waals surface area contributed by atoms with E-state index in [1.807, 2.05) is 0 Å². The number of hydrogen-bond donors (Lipinski definition) is 2. The van der Waals surface area contributed by atoms with E-state index in [0.29, 0.717) is 17.1 Å². The molecule has 0 spiro atoms. The molecule has 0 radical (unpaired) electrons. The van der Waals surface area contributed by atoms with E-state index in [-0.39, 0.29) is 16.9 Å². The molecule has 1 fully saturated rings. The molecule has 2 unspecified atom stereocenters. The molecule has 9 nitrogen and oxygen atoms in total. The first kappa shape index (κ1) is 26.5. The van der Waals surface area contributed by atoms with Crippen molar-refractivity contribution in [3.8, 4) is 11.5 Å². The number of rotatable bonds is 10. The lowest BCUT2D eigenvalue weighted by Crippen LogP contribution is -2.47. The fraction of sp³-hybridized carbons (Fsp3) is 0.440. The number of hydroxylamine groups is 1. The van der Waals surface area contributed by atoms with Gasteiger partial charge in [0.15, 0.2) is 21.3 Å². The molecule has 0 aromatic heterocycles. The smallest absolute Gasteiger partial charge is 0.253 e. The van der Waals surface area contributed by atoms with Gasteiger partial charge in [0.25, 0.3) is 5.91 Å². The number of hydrogen-bond acceptors (Lipinski definition) is 7. The van der Waals surface area contributed by atoms with Crippen LogP contribution in [0.4, 0.5) is 0 Å². The molecule has 2 atom stereocenters. The third-order valence-corrected chi connectivity index (χ3v) is 8.73. The van der Waals surface area contributed by atoms with Crippen LogP contribution in [0.1, 0.15) is 49.4 Å². The van der Waals surface area contributed by atoms with Crippen LogP contribution in [0, 0.1) is 0 Å². The lowest BCUT2D eigenvalue weighted by molar-refractivity contribution is -0.129. The molecule has 3 rings (SSSR count). The van der Waals surface area contributed by atoms with E-state index in [0.717, 1.165) is 25.7 Å². The van der Waals surface area contributed by atoms with Gasteiger partial charge in [0, 0.05) is 31.1 Å². The Kier molecular flexibility index (Phi) is 8.74. The zero-order valence-electron chi connectivity index (χ0n) is 20.1. The third kappa shape index (κ3) is 6.12. The van der Waals surface area contributed by atoms with Crippen LogP contribution < -0.4 is 15.0 Å². The lowest BCUT2D eigenvalue weighted by Gasteiger charge is -2.31. The Morgan fingerprint density at radius 3 is 2.37 bits per heavy atom. The van der Waals surface area contributed by atoms with E-state index >= 15 is 0 Å². The van der Waals surface area contributed by atoms with E-state index in [2.05, 4.69) is 0 Å². The summed E-state index contributed by atoms with van der Waals surface area (Å²) in [5.41, 5.74) is 1.89. The van der Waals surface area contributed by atoms with Crippen LogP contribution in [0.25, 0.3) is 0 Å². The minimum absolute atomic E-state index is 0.0219. The monoisotopic (exact) mass is 504 g/mol. The summed E-state index contributed by atoms with van der Waals surface area (Å²) in [6.07, 6.45) is 3.28. The van der Waals surface area contributed by atoms with Crippen molar-refractivity contribution in [3.05, 3.63) is 54.1 Å². The molecule has 2 amide bonds. The van der Waals surface area contributed by atoms with Gasteiger partial charge in [-0.3, -0.25) is 14.8 Å². The zero-order valence-corrected chi connectivity index (χ0v) is 21.0. The average molecular weight is 505 g/mol. The number of amides is 2. The standard InChI is InChI=1S/C25H32N2O7S/c1-17(27(2)25(29)18-9-5-4-6-10-18)23(16-24(28)26-30)35(31,32)20-13-14-21(33-3)22(15-20)34-19-11-7-8-12-19/h4-6,9-10,13-15,17,19,23,30H,7-8,11-12,16H2,1-3H3,(H,26,28). The molecule has 1 aliphatic rings. The Hall–Kier alpha value is -3.11. The predicted molar refractivity (Wildman–Crippen MR) is 129 cm³/mol. The molecule has 0 saturated heterocycles. The molecule has 1 saturated carbocycles. The number of sulfone groups is 1. The highest BCUT2D eigenvalue weighted by molar-refractivity contribution is 7.92. The fourth-order valence-corrected chi connectivity index (χ4v) is 6.22. The number of ether oxygens (including phenoxy) is 2. The second-order valence-corrected chi connectivity index (χ2v) is 10.8. The highest BCUT2D eigenvalue weighted by Gasteiger charge is 2.38. The number of nitrogens with zero attached hydrogens (tertiary/aromatic N) is 1. The average Bonchev–Trinajstić information content (AvgIpc) is 3.39. The van der Waals surface area contributed by atoms with Crippen LogP contribution in [0.5, 0.6) is 11.5 Å². The van der Waals surface area contributed by atoms with E-state index in [4.69, 9.17) is 14.7 Å². The highest BCUT2D eigenvalue weighted by atomic mass is 32.2. The number of carbonyl (C=O) groups is 2. The van der Waals surface area contributed by atoms with Gasteiger partial charge in [-0.1, -0.05) is 18.2 Å². The van der Waals surface area contributed by atoms with Gasteiger partial charge < -0.3 is 14.4 Å². The minimum Gasteiger partial charge on any atom is -0.493 e. The van der Waals surface area contributed by atoms with Gasteiger partial charge in [-0.2, -0.15) is 0 Å². The maximum atomic E-state index is 13.8. The summed E-state index contributed by atoms with van der Waals surface area (Å²) in [4.78, 5) is 26.3. The van der Waals surface area contributed by atoms with Crippen LogP contribution >= 0.6 is 0 Å². The quantitative estimate of drug-likeness (QED) is 0.376. The Morgan fingerprint density at radius 1 is 1.11 bits per heavy atom. The maximum Gasteiger partial charge on any atom is 0.253 e. The van der Waals surface area contributed by atoms with Crippen molar-refractivity contribution >= 4 is 21.7 Å². The van der Waals surface area contributed by atoms with E-state index in [9.17, 15) is 18.0 Å². The van der Waals surface area contributed by atoms with Gasteiger partial charge >= 0.3 is 0 Å². The maximum absolute atomic E-state index is 13.8. The molecule has 35 heavy (non-hydrogen) atoms. The SMILES string of the molecule is COc1ccc(S(=O)(=O)C(CC(=O)NO)C(C)N(C)C(=O)c2ccccc2)cc1OC1CCCC1. The van der Waals surface area contributed by atoms with Gasteiger partial charge in [-0.25, -0.2) is 13.9 Å². The van der Waals surface area contributed by atoms with Crippen molar-refractivity contribution < 1.29 is 32.7 Å². The molecular weight excluding hydrogens is 472 g/mol. The summed E-state index contributed by atoms with van der Waals surface area (Å²) in [5, 5.41) is 7.75. The third-order valence-electron chi connectivity index (χ3n) is 6.46. The summed E-state index contributed by atoms with van der Waals surface area (Å²) in [6, 6.07) is 11.9. The molecule has 2 N–H and O–H groups in total. The van der Waals surface area contributed by atoms with Gasteiger partial charge in [0.2, 0.25) is 5.91 Å². The van der Waals surface area contributed by atoms with Crippen LogP contribution in [-0.4, -0.2) is 61.9 Å². The molecule has 0 aliphatic heterocycles. The van der Waals surface area contributed by atoms with Gasteiger partial charge in [0.1, 0.15) is 0 Å². The number of nitrogens with one attached hydrogen (secondary N) is 1. The van der Waals surface area contributed by atoms with Gasteiger partial charge in [0.05, 0.1) is 23.4 Å². The first-order chi connectivity index (χ1) is 16.7. The Labute approximate surface area is 205 Å². The van der Waals surface area contributed by atoms with E-state index < -0.39 is 33.5 Å². The van der Waals surface area contributed by atoms with Crippen molar-refractivity contribution in [1.29, 1.82) is 0 Å². The number of methoxy groups -OCH3 is 1. The molecule has 2 aromatic rings. The molecule has 0 bridgehead atoms. The van der Waals surface area contributed by atoms with Gasteiger partial charge in [-0.15, -0.1) is 0 Å². The largest absolute Gasteiger partial charge is 0.493 e. The highest BCUT2D eigenvalue weighted by Crippen LogP contribution is 2.35. The summed E-state index contributed by atoms with van der Waals surface area (Å²) in [7, 11) is -1.18. The summed E-state index contributed by atoms with van der Waals surface area (Å²) < 4.78 is 39.0. The van der Waals surface area contributed by atoms with Crippen molar-refractivity contribution in [3.63, 3.8) is 0 Å². The van der Waals surface area contributed by atoms with Crippen molar-refractivity contribution in [2.45, 2.75) is 61.3 Å². The molecule has 2 aromatic carbocycles. The molecule has 10 heteroatoms.